The molecule has 150 valence electrons. The molecule has 0 radical (unpaired) electrons. The molecule has 2 aromatic rings. The van der Waals surface area contributed by atoms with Crippen LogP contribution >= 0.6 is 22.6 Å². The topological polar surface area (TPSA) is 70.7 Å². The van der Waals surface area contributed by atoms with Gasteiger partial charge in [0.1, 0.15) is 0 Å². The molecule has 2 amide bonds. The number of benzene rings is 2. The minimum atomic E-state index is -0.393. The van der Waals surface area contributed by atoms with Crippen LogP contribution in [0.1, 0.15) is 27.9 Å². The van der Waals surface area contributed by atoms with E-state index in [0.29, 0.717) is 22.8 Å². The molecule has 1 fully saturated rings. The number of hydrogen-bond donors (Lipinski definition) is 2. The predicted molar refractivity (Wildman–Crippen MR) is 120 cm³/mol. The maximum Gasteiger partial charge on any atom is 0.260 e. The molecule has 2 aromatic carbocycles. The predicted octanol–water partition coefficient (Wildman–Crippen LogP) is 3.23. The van der Waals surface area contributed by atoms with Crippen molar-refractivity contribution in [2.24, 2.45) is 0 Å². The number of amides is 2. The number of halogens is 1. The summed E-state index contributed by atoms with van der Waals surface area (Å²) in [6, 6.07) is 13.6. The first-order valence-corrected chi connectivity index (χ1v) is 10.6. The molecule has 2 heterocycles. The Kier molecular flexibility index (Phi) is 5.98. The van der Waals surface area contributed by atoms with E-state index >= 15 is 0 Å². The number of ether oxygens (including phenoxy) is 1. The van der Waals surface area contributed by atoms with Crippen LogP contribution in [0.4, 0.5) is 5.69 Å². The average Bonchev–Trinajstić information content (AvgIpc) is 3.16. The molecule has 29 heavy (non-hydrogen) atoms. The zero-order valence-corrected chi connectivity index (χ0v) is 18.2. The summed E-state index contributed by atoms with van der Waals surface area (Å²) in [4.78, 5) is 26.8. The minimum Gasteiger partial charge on any atom is -0.380 e. The van der Waals surface area contributed by atoms with Gasteiger partial charge in [-0.3, -0.25) is 19.8 Å². The zero-order chi connectivity index (χ0) is 20.4. The van der Waals surface area contributed by atoms with Crippen LogP contribution in [0.5, 0.6) is 0 Å². The lowest BCUT2D eigenvalue weighted by atomic mass is 9.95. The van der Waals surface area contributed by atoms with Crippen LogP contribution in [0.25, 0.3) is 5.57 Å². The number of imide groups is 1. The normalized spacial score (nSPS) is 20.6. The van der Waals surface area contributed by atoms with Crippen LogP contribution in [0.2, 0.25) is 0 Å². The van der Waals surface area contributed by atoms with Gasteiger partial charge in [-0.05, 0) is 64.9 Å². The van der Waals surface area contributed by atoms with Crippen LogP contribution in [0, 0.1) is 3.57 Å². The van der Waals surface area contributed by atoms with Gasteiger partial charge in [-0.2, -0.15) is 0 Å². The van der Waals surface area contributed by atoms with Gasteiger partial charge in [0.05, 0.1) is 11.7 Å². The Morgan fingerprint density at radius 2 is 1.97 bits per heavy atom. The fourth-order valence-corrected chi connectivity index (χ4v) is 4.19. The molecule has 4 rings (SSSR count). The SMILES string of the molecule is CO[C@@H]1CCN(Cc2ccc(NC=C3C(=O)NC(=O)c4ccc(I)cc43)cc2)C1. The molecule has 1 atom stereocenters. The lowest BCUT2D eigenvalue weighted by Gasteiger charge is -2.19. The summed E-state index contributed by atoms with van der Waals surface area (Å²) in [5, 5.41) is 5.58. The molecule has 2 aliphatic heterocycles. The second-order valence-electron chi connectivity index (χ2n) is 7.25. The molecule has 0 aromatic heterocycles. The highest BCUT2D eigenvalue weighted by atomic mass is 127. The van der Waals surface area contributed by atoms with E-state index < -0.39 is 5.91 Å². The molecule has 1 saturated heterocycles. The Morgan fingerprint density at radius 3 is 2.69 bits per heavy atom. The fraction of sp³-hybridized carbons (Fsp3) is 0.273. The number of fused-ring (bicyclic) bond motifs is 1. The van der Waals surface area contributed by atoms with Crippen molar-refractivity contribution in [2.45, 2.75) is 19.1 Å². The second-order valence-corrected chi connectivity index (χ2v) is 8.50. The summed E-state index contributed by atoms with van der Waals surface area (Å²) in [6.45, 7) is 2.92. The number of rotatable bonds is 5. The van der Waals surface area contributed by atoms with Crippen LogP contribution < -0.4 is 10.6 Å². The van der Waals surface area contributed by atoms with E-state index in [1.165, 1.54) is 5.56 Å². The van der Waals surface area contributed by atoms with E-state index in [2.05, 4.69) is 50.3 Å². The number of nitrogens with zero attached hydrogens (tertiary/aromatic N) is 1. The van der Waals surface area contributed by atoms with Gasteiger partial charge >= 0.3 is 0 Å². The summed E-state index contributed by atoms with van der Waals surface area (Å²) < 4.78 is 6.39. The lowest BCUT2D eigenvalue weighted by molar-refractivity contribution is -0.114. The van der Waals surface area contributed by atoms with Crippen molar-refractivity contribution in [3.63, 3.8) is 0 Å². The second kappa shape index (κ2) is 8.64. The summed E-state index contributed by atoms with van der Waals surface area (Å²) in [5.74, 6) is -0.754. The van der Waals surface area contributed by atoms with Gasteiger partial charge in [0.25, 0.3) is 11.8 Å². The van der Waals surface area contributed by atoms with Crippen molar-refractivity contribution in [1.82, 2.24) is 10.2 Å². The van der Waals surface area contributed by atoms with Crippen molar-refractivity contribution in [2.75, 3.05) is 25.5 Å². The maximum absolute atomic E-state index is 12.3. The van der Waals surface area contributed by atoms with Gasteiger partial charge in [0.15, 0.2) is 0 Å². The molecular weight excluding hydrogens is 481 g/mol. The molecule has 0 saturated carbocycles. The van der Waals surface area contributed by atoms with Crippen LogP contribution in [0.3, 0.4) is 0 Å². The van der Waals surface area contributed by atoms with Gasteiger partial charge in [0.2, 0.25) is 0 Å². The number of anilines is 1. The number of likely N-dealkylation sites (tertiary alicyclic amines) is 1. The number of carbonyl (C=O) groups is 2. The molecule has 0 spiro atoms. The average molecular weight is 503 g/mol. The van der Waals surface area contributed by atoms with Gasteiger partial charge in [-0.15, -0.1) is 0 Å². The zero-order valence-electron chi connectivity index (χ0n) is 16.1. The minimum absolute atomic E-state index is 0.335. The fourth-order valence-electron chi connectivity index (χ4n) is 3.69. The van der Waals surface area contributed by atoms with E-state index in [0.717, 1.165) is 35.3 Å². The monoisotopic (exact) mass is 503 g/mol. The summed E-state index contributed by atoms with van der Waals surface area (Å²) in [7, 11) is 1.77. The van der Waals surface area contributed by atoms with Crippen LogP contribution in [-0.4, -0.2) is 43.0 Å². The smallest absolute Gasteiger partial charge is 0.260 e. The number of nitrogens with one attached hydrogen (secondary N) is 2. The van der Waals surface area contributed by atoms with Crippen molar-refractivity contribution in [1.29, 1.82) is 0 Å². The van der Waals surface area contributed by atoms with Gasteiger partial charge < -0.3 is 10.1 Å². The summed E-state index contributed by atoms with van der Waals surface area (Å²) in [6.07, 6.45) is 3.08. The highest BCUT2D eigenvalue weighted by molar-refractivity contribution is 14.1. The molecule has 0 bridgehead atoms. The van der Waals surface area contributed by atoms with Crippen molar-refractivity contribution in [3.8, 4) is 0 Å². The number of methoxy groups -OCH3 is 1. The third-order valence-corrected chi connectivity index (χ3v) is 5.96. The first kappa shape index (κ1) is 20.1. The van der Waals surface area contributed by atoms with E-state index in [1.54, 1.807) is 19.4 Å². The summed E-state index contributed by atoms with van der Waals surface area (Å²) >= 11 is 2.17. The molecular formula is C22H22IN3O3. The third-order valence-electron chi connectivity index (χ3n) is 5.29. The summed E-state index contributed by atoms with van der Waals surface area (Å²) in [5.41, 5.74) is 3.73. The van der Waals surface area contributed by atoms with E-state index in [-0.39, 0.29) is 5.91 Å². The molecule has 0 aliphatic carbocycles. The lowest BCUT2D eigenvalue weighted by Crippen LogP contribution is -2.36. The quantitative estimate of drug-likeness (QED) is 0.373. The highest BCUT2D eigenvalue weighted by Crippen LogP contribution is 2.26. The Hall–Kier alpha value is -2.23. The van der Waals surface area contributed by atoms with Crippen molar-refractivity contribution >= 4 is 45.7 Å². The van der Waals surface area contributed by atoms with Crippen molar-refractivity contribution in [3.05, 3.63) is 68.9 Å². The first-order valence-electron chi connectivity index (χ1n) is 9.50. The van der Waals surface area contributed by atoms with Crippen molar-refractivity contribution < 1.29 is 14.3 Å². The van der Waals surface area contributed by atoms with Crippen LogP contribution in [0.15, 0.2) is 48.7 Å². The Morgan fingerprint density at radius 1 is 1.17 bits per heavy atom. The Balaban J connectivity index is 1.46. The largest absolute Gasteiger partial charge is 0.380 e. The maximum atomic E-state index is 12.3. The van der Waals surface area contributed by atoms with E-state index in [4.69, 9.17) is 4.74 Å². The molecule has 6 nitrogen and oxygen atoms in total. The Bertz CT molecular complexity index is 972. The molecule has 0 unspecified atom stereocenters. The Labute approximate surface area is 183 Å². The van der Waals surface area contributed by atoms with Crippen LogP contribution in [-0.2, 0) is 16.1 Å². The standard InChI is InChI=1S/C22H22IN3O3/c1-29-17-8-9-26(13-17)12-14-2-5-16(6-3-14)24-11-20-19-10-15(23)4-7-18(19)21(27)25-22(20)28/h2-7,10-11,17,24H,8-9,12-13H2,1H3,(H,25,27,28)/t17-/m1/s1. The van der Waals surface area contributed by atoms with E-state index in [1.807, 2.05) is 24.3 Å². The highest BCUT2D eigenvalue weighted by Gasteiger charge is 2.27. The molecule has 2 N–H and O–H groups in total. The third kappa shape index (κ3) is 4.52. The van der Waals surface area contributed by atoms with Gasteiger partial charge in [0, 0.05) is 53.3 Å². The van der Waals surface area contributed by atoms with Gasteiger partial charge in [-0.1, -0.05) is 12.1 Å². The molecule has 7 heteroatoms. The van der Waals surface area contributed by atoms with Gasteiger partial charge in [-0.25, -0.2) is 0 Å². The number of carbonyl (C=O) groups excluding carboxylic acids is 2. The molecule has 2 aliphatic rings. The number of hydrogen-bond acceptors (Lipinski definition) is 5. The van der Waals surface area contributed by atoms with E-state index in [9.17, 15) is 9.59 Å². The first-order chi connectivity index (χ1) is 14.0.